The maximum absolute atomic E-state index is 12.1. The average molecular weight is 357 g/mol. The molecule has 0 spiro atoms. The molecule has 102 valence electrons. The summed E-state index contributed by atoms with van der Waals surface area (Å²) in [5.74, 6) is -0.632. The van der Waals surface area contributed by atoms with Crippen molar-refractivity contribution in [1.82, 2.24) is 4.98 Å². The van der Waals surface area contributed by atoms with Crippen LogP contribution in [0.3, 0.4) is 0 Å². The maximum atomic E-state index is 12.1. The van der Waals surface area contributed by atoms with Gasteiger partial charge in [-0.15, -0.1) is 0 Å². The van der Waals surface area contributed by atoms with Crippen molar-refractivity contribution < 1.29 is 9.72 Å². The van der Waals surface area contributed by atoms with Gasteiger partial charge < -0.3 is 5.32 Å². The van der Waals surface area contributed by atoms with Gasteiger partial charge >= 0.3 is 0 Å². The summed E-state index contributed by atoms with van der Waals surface area (Å²) < 4.78 is 0.663. The molecular weight excluding hydrogens is 350 g/mol. The summed E-state index contributed by atoms with van der Waals surface area (Å²) in [5, 5.41) is 13.5. The molecule has 1 aromatic carbocycles. The molecule has 0 saturated heterocycles. The van der Waals surface area contributed by atoms with Crippen molar-refractivity contribution in [2.45, 2.75) is 0 Å². The van der Waals surface area contributed by atoms with Crippen molar-refractivity contribution in [2.75, 3.05) is 5.32 Å². The second-order valence-electron chi connectivity index (χ2n) is 3.72. The molecule has 0 fully saturated rings. The number of aromatic nitrogens is 1. The molecule has 0 aliphatic carbocycles. The van der Waals surface area contributed by atoms with Gasteiger partial charge in [0.25, 0.3) is 11.6 Å². The zero-order valence-corrected chi connectivity index (χ0v) is 12.2. The lowest BCUT2D eigenvalue weighted by Crippen LogP contribution is -2.14. The quantitative estimate of drug-likeness (QED) is 0.516. The van der Waals surface area contributed by atoms with Gasteiger partial charge in [-0.25, -0.2) is 4.98 Å². The molecule has 2 aromatic rings. The van der Waals surface area contributed by atoms with E-state index in [1.165, 1.54) is 0 Å². The molecular formula is C12H7BrClN3O3. The minimum absolute atomic E-state index is 0.00729. The number of carbonyl (C=O) groups excluding carboxylic acids is 1. The van der Waals surface area contributed by atoms with Crippen molar-refractivity contribution in [3.63, 3.8) is 0 Å². The van der Waals surface area contributed by atoms with Crippen LogP contribution in [0.1, 0.15) is 10.4 Å². The number of pyridine rings is 1. The molecule has 1 aromatic heterocycles. The van der Waals surface area contributed by atoms with Crippen LogP contribution in [-0.2, 0) is 0 Å². The normalized spacial score (nSPS) is 10.1. The van der Waals surface area contributed by atoms with E-state index < -0.39 is 16.5 Å². The molecule has 0 atom stereocenters. The van der Waals surface area contributed by atoms with E-state index in [9.17, 15) is 14.9 Å². The highest BCUT2D eigenvalue weighted by Crippen LogP contribution is 2.25. The first-order valence-corrected chi connectivity index (χ1v) is 6.52. The molecule has 0 aliphatic rings. The Hall–Kier alpha value is -1.99. The zero-order valence-electron chi connectivity index (χ0n) is 9.84. The number of anilines is 1. The van der Waals surface area contributed by atoms with Gasteiger partial charge in [0.15, 0.2) is 0 Å². The van der Waals surface area contributed by atoms with Crippen LogP contribution < -0.4 is 5.32 Å². The molecule has 0 saturated carbocycles. The molecule has 0 radical (unpaired) electrons. The fourth-order valence-corrected chi connectivity index (χ4v) is 2.04. The predicted octanol–water partition coefficient (Wildman–Crippen LogP) is 3.66. The van der Waals surface area contributed by atoms with Gasteiger partial charge in [-0.2, -0.15) is 0 Å². The molecule has 1 amide bonds. The van der Waals surface area contributed by atoms with Crippen LogP contribution in [0.25, 0.3) is 0 Å². The Morgan fingerprint density at radius 1 is 1.40 bits per heavy atom. The van der Waals surface area contributed by atoms with E-state index in [-0.39, 0.29) is 10.7 Å². The smallest absolute Gasteiger partial charge is 0.300 e. The Kier molecular flexibility index (Phi) is 4.31. The topological polar surface area (TPSA) is 85.1 Å². The molecule has 2 rings (SSSR count). The molecule has 20 heavy (non-hydrogen) atoms. The number of benzene rings is 1. The Bertz CT molecular complexity index is 693. The second kappa shape index (κ2) is 5.98. The molecule has 6 nitrogen and oxygen atoms in total. The summed E-state index contributed by atoms with van der Waals surface area (Å²) in [4.78, 5) is 25.9. The number of nitro groups is 1. The predicted molar refractivity (Wildman–Crippen MR) is 78.0 cm³/mol. The number of nitrogens with zero attached hydrogens (tertiary/aromatic N) is 2. The van der Waals surface area contributed by atoms with Crippen LogP contribution in [-0.4, -0.2) is 15.8 Å². The van der Waals surface area contributed by atoms with Crippen molar-refractivity contribution in [3.8, 4) is 0 Å². The fraction of sp³-hybridized carbons (Fsp3) is 0. The van der Waals surface area contributed by atoms with Gasteiger partial charge in [0.05, 0.1) is 10.6 Å². The maximum Gasteiger partial charge on any atom is 0.300 e. The van der Waals surface area contributed by atoms with Crippen LogP contribution >= 0.6 is 27.5 Å². The first-order chi connectivity index (χ1) is 9.49. The Morgan fingerprint density at radius 3 is 2.75 bits per heavy atom. The Labute approximate surface area is 127 Å². The minimum Gasteiger partial charge on any atom is -0.321 e. The largest absolute Gasteiger partial charge is 0.321 e. The number of hydrogen-bond donors (Lipinski definition) is 1. The number of nitrogens with one attached hydrogen (secondary N) is 1. The van der Waals surface area contributed by atoms with Crippen LogP contribution in [0, 0.1) is 10.1 Å². The SMILES string of the molecule is O=C(Nc1ccccc1Br)c1cc(Cl)ncc1[N+](=O)[O-]. The van der Waals surface area contributed by atoms with E-state index in [1.54, 1.807) is 24.3 Å². The number of halogens is 2. The van der Waals surface area contributed by atoms with E-state index in [0.29, 0.717) is 10.2 Å². The minimum atomic E-state index is -0.682. The lowest BCUT2D eigenvalue weighted by atomic mass is 10.2. The third-order valence-corrected chi connectivity index (χ3v) is 3.31. The van der Waals surface area contributed by atoms with E-state index >= 15 is 0 Å². The van der Waals surface area contributed by atoms with Gasteiger partial charge in [-0.1, -0.05) is 23.7 Å². The summed E-state index contributed by atoms with van der Waals surface area (Å²) in [5.41, 5.74) is -0.0514. The number of amides is 1. The number of carbonyl (C=O) groups is 1. The van der Waals surface area contributed by atoms with Crippen molar-refractivity contribution in [2.24, 2.45) is 0 Å². The molecule has 8 heteroatoms. The summed E-state index contributed by atoms with van der Waals surface area (Å²) in [6, 6.07) is 8.08. The summed E-state index contributed by atoms with van der Waals surface area (Å²) in [7, 11) is 0. The second-order valence-corrected chi connectivity index (χ2v) is 4.96. The van der Waals surface area contributed by atoms with Crippen molar-refractivity contribution >= 4 is 44.8 Å². The molecule has 0 unspecified atom stereocenters. The average Bonchev–Trinajstić information content (AvgIpc) is 2.40. The van der Waals surface area contributed by atoms with Gasteiger partial charge in [0, 0.05) is 4.47 Å². The molecule has 0 aliphatic heterocycles. The highest BCUT2D eigenvalue weighted by molar-refractivity contribution is 9.10. The monoisotopic (exact) mass is 355 g/mol. The van der Waals surface area contributed by atoms with E-state index in [2.05, 4.69) is 26.2 Å². The first-order valence-electron chi connectivity index (χ1n) is 5.35. The van der Waals surface area contributed by atoms with Gasteiger partial charge in [0.1, 0.15) is 16.9 Å². The van der Waals surface area contributed by atoms with Crippen molar-refractivity contribution in [3.05, 3.63) is 61.8 Å². The van der Waals surface area contributed by atoms with Crippen molar-refractivity contribution in [1.29, 1.82) is 0 Å². The van der Waals surface area contributed by atoms with E-state index in [4.69, 9.17) is 11.6 Å². The standard InChI is InChI=1S/C12H7BrClN3O3/c13-8-3-1-2-4-9(8)16-12(18)7-5-11(14)15-6-10(7)17(19)20/h1-6H,(H,16,18). The van der Waals surface area contributed by atoms with Crippen LogP contribution in [0.2, 0.25) is 5.15 Å². The number of hydrogen-bond acceptors (Lipinski definition) is 4. The first kappa shape index (κ1) is 14.4. The van der Waals surface area contributed by atoms with Crippen LogP contribution in [0.5, 0.6) is 0 Å². The number of para-hydroxylation sites is 1. The third-order valence-electron chi connectivity index (χ3n) is 2.41. The van der Waals surface area contributed by atoms with E-state index in [0.717, 1.165) is 12.3 Å². The third kappa shape index (κ3) is 3.12. The highest BCUT2D eigenvalue weighted by Gasteiger charge is 2.21. The van der Waals surface area contributed by atoms with Gasteiger partial charge in [-0.05, 0) is 34.1 Å². The van der Waals surface area contributed by atoms with Gasteiger partial charge in [-0.3, -0.25) is 14.9 Å². The molecule has 1 heterocycles. The zero-order chi connectivity index (χ0) is 14.7. The van der Waals surface area contributed by atoms with E-state index in [1.807, 2.05) is 0 Å². The molecule has 0 bridgehead atoms. The Balaban J connectivity index is 2.37. The van der Waals surface area contributed by atoms with Crippen LogP contribution in [0.4, 0.5) is 11.4 Å². The molecule has 1 N–H and O–H groups in total. The van der Waals surface area contributed by atoms with Gasteiger partial charge in [0.2, 0.25) is 0 Å². The number of rotatable bonds is 3. The highest BCUT2D eigenvalue weighted by atomic mass is 79.9. The van der Waals surface area contributed by atoms with Crippen LogP contribution in [0.15, 0.2) is 41.0 Å². The Morgan fingerprint density at radius 2 is 2.10 bits per heavy atom. The summed E-state index contributed by atoms with van der Waals surface area (Å²) in [6.07, 6.45) is 0.956. The summed E-state index contributed by atoms with van der Waals surface area (Å²) >= 11 is 8.95. The fourth-order valence-electron chi connectivity index (χ4n) is 1.50. The summed E-state index contributed by atoms with van der Waals surface area (Å²) in [6.45, 7) is 0. The lowest BCUT2D eigenvalue weighted by Gasteiger charge is -2.07. The lowest BCUT2D eigenvalue weighted by molar-refractivity contribution is -0.385.